The Morgan fingerprint density at radius 2 is 1.95 bits per heavy atom. The molecule has 1 aromatic heterocycles. The van der Waals surface area contributed by atoms with Crippen LogP contribution in [-0.4, -0.2) is 16.0 Å². The molecule has 106 valence electrons. The minimum Gasteiger partial charge on any atom is -0.340 e. The molecule has 1 amide bonds. The van der Waals surface area contributed by atoms with E-state index in [0.29, 0.717) is 17.3 Å². The molecule has 0 aliphatic carbocycles. The maximum atomic E-state index is 12.8. The van der Waals surface area contributed by atoms with Gasteiger partial charge in [0.2, 0.25) is 5.89 Å². The largest absolute Gasteiger partial charge is 0.340 e. The third-order valence-electron chi connectivity index (χ3n) is 2.87. The zero-order chi connectivity index (χ0) is 14.7. The number of aryl methyl sites for hydroxylation is 1. The number of nitrogens with zero attached hydrogens (tertiary/aromatic N) is 2. The van der Waals surface area contributed by atoms with Crippen LogP contribution in [0.2, 0.25) is 0 Å². The van der Waals surface area contributed by atoms with Crippen molar-refractivity contribution in [1.82, 2.24) is 15.5 Å². The van der Waals surface area contributed by atoms with Crippen LogP contribution in [0.1, 0.15) is 42.0 Å². The lowest BCUT2D eigenvalue weighted by atomic mass is 10.0. The summed E-state index contributed by atoms with van der Waals surface area (Å²) in [5.74, 6) is 0.280. The first-order valence-corrected chi connectivity index (χ1v) is 6.34. The first-order valence-electron chi connectivity index (χ1n) is 6.34. The molecule has 1 aromatic carbocycles. The summed E-state index contributed by atoms with van der Waals surface area (Å²) in [6.45, 7) is 5.59. The molecule has 0 aliphatic heterocycles. The van der Waals surface area contributed by atoms with Gasteiger partial charge in [0.25, 0.3) is 5.91 Å². The Hall–Kier alpha value is -2.24. The number of carbonyl (C=O) groups is 1. The van der Waals surface area contributed by atoms with Gasteiger partial charge in [-0.1, -0.05) is 19.0 Å². The Bertz CT molecular complexity index is 593. The third-order valence-corrected chi connectivity index (χ3v) is 2.87. The molecule has 1 atom stereocenters. The monoisotopic (exact) mass is 277 g/mol. The molecule has 0 aliphatic rings. The average Bonchev–Trinajstić information content (AvgIpc) is 2.82. The normalized spacial score (nSPS) is 12.4. The summed E-state index contributed by atoms with van der Waals surface area (Å²) in [4.78, 5) is 16.3. The van der Waals surface area contributed by atoms with Crippen LogP contribution in [0.4, 0.5) is 4.39 Å². The molecule has 20 heavy (non-hydrogen) atoms. The molecule has 0 radical (unpaired) electrons. The summed E-state index contributed by atoms with van der Waals surface area (Å²) < 4.78 is 18.0. The van der Waals surface area contributed by atoms with Crippen LogP contribution in [-0.2, 0) is 0 Å². The summed E-state index contributed by atoms with van der Waals surface area (Å²) in [5, 5.41) is 6.55. The van der Waals surface area contributed by atoms with Crippen molar-refractivity contribution in [2.75, 3.05) is 0 Å². The van der Waals surface area contributed by atoms with E-state index >= 15 is 0 Å². The fourth-order valence-corrected chi connectivity index (χ4v) is 1.78. The topological polar surface area (TPSA) is 68.0 Å². The SMILES string of the molecule is Cc1noc(C(NC(=O)c2ccc(F)cc2)C(C)C)n1. The summed E-state index contributed by atoms with van der Waals surface area (Å²) >= 11 is 0. The second-order valence-corrected chi connectivity index (χ2v) is 4.88. The minimum atomic E-state index is -0.381. The molecule has 2 aromatic rings. The van der Waals surface area contributed by atoms with Crippen molar-refractivity contribution < 1.29 is 13.7 Å². The number of hydrogen-bond acceptors (Lipinski definition) is 4. The smallest absolute Gasteiger partial charge is 0.251 e. The predicted molar refractivity (Wildman–Crippen MR) is 70.5 cm³/mol. The summed E-state index contributed by atoms with van der Waals surface area (Å²) in [5.41, 5.74) is 0.383. The highest BCUT2D eigenvalue weighted by Gasteiger charge is 2.24. The molecule has 0 fully saturated rings. The summed E-state index contributed by atoms with van der Waals surface area (Å²) in [6, 6.07) is 4.97. The van der Waals surface area contributed by atoms with Crippen molar-refractivity contribution in [3.8, 4) is 0 Å². The highest BCUT2D eigenvalue weighted by molar-refractivity contribution is 5.94. The lowest BCUT2D eigenvalue weighted by Gasteiger charge is -2.18. The molecule has 1 heterocycles. The summed E-state index contributed by atoms with van der Waals surface area (Å²) in [7, 11) is 0. The fourth-order valence-electron chi connectivity index (χ4n) is 1.78. The van der Waals surface area contributed by atoms with Crippen molar-refractivity contribution in [1.29, 1.82) is 0 Å². The van der Waals surface area contributed by atoms with Crippen LogP contribution in [0.15, 0.2) is 28.8 Å². The lowest BCUT2D eigenvalue weighted by Crippen LogP contribution is -2.32. The van der Waals surface area contributed by atoms with Crippen LogP contribution in [0.5, 0.6) is 0 Å². The zero-order valence-electron chi connectivity index (χ0n) is 11.6. The van der Waals surface area contributed by atoms with E-state index in [4.69, 9.17) is 4.52 Å². The van der Waals surface area contributed by atoms with Gasteiger partial charge in [-0.15, -0.1) is 0 Å². The Kier molecular flexibility index (Phi) is 4.12. The van der Waals surface area contributed by atoms with E-state index in [0.717, 1.165) is 0 Å². The van der Waals surface area contributed by atoms with Crippen molar-refractivity contribution in [3.05, 3.63) is 47.4 Å². The Labute approximate surface area is 116 Å². The fraction of sp³-hybridized carbons (Fsp3) is 0.357. The van der Waals surface area contributed by atoms with Gasteiger partial charge in [-0.3, -0.25) is 4.79 Å². The third kappa shape index (κ3) is 3.20. The molecular formula is C14H16FN3O2. The van der Waals surface area contributed by atoms with Gasteiger partial charge in [0.1, 0.15) is 11.9 Å². The van der Waals surface area contributed by atoms with E-state index in [-0.39, 0.29) is 23.7 Å². The maximum Gasteiger partial charge on any atom is 0.251 e. The molecule has 2 rings (SSSR count). The van der Waals surface area contributed by atoms with Crippen molar-refractivity contribution in [2.24, 2.45) is 5.92 Å². The van der Waals surface area contributed by atoms with Gasteiger partial charge in [0.05, 0.1) is 0 Å². The first kappa shape index (κ1) is 14.2. The molecule has 1 unspecified atom stereocenters. The van der Waals surface area contributed by atoms with Gasteiger partial charge < -0.3 is 9.84 Å². The minimum absolute atomic E-state index is 0.0826. The number of benzene rings is 1. The van der Waals surface area contributed by atoms with Gasteiger partial charge in [-0.25, -0.2) is 4.39 Å². The Balaban J connectivity index is 2.16. The zero-order valence-corrected chi connectivity index (χ0v) is 11.6. The summed E-state index contributed by atoms with van der Waals surface area (Å²) in [6.07, 6.45) is 0. The number of halogens is 1. The second kappa shape index (κ2) is 5.81. The number of nitrogens with one attached hydrogen (secondary N) is 1. The quantitative estimate of drug-likeness (QED) is 0.932. The molecule has 0 saturated carbocycles. The second-order valence-electron chi connectivity index (χ2n) is 4.88. The van der Waals surface area contributed by atoms with Gasteiger partial charge >= 0.3 is 0 Å². The molecule has 0 spiro atoms. The molecule has 5 nitrogen and oxygen atoms in total. The van der Waals surface area contributed by atoms with E-state index in [1.807, 2.05) is 13.8 Å². The van der Waals surface area contributed by atoms with Crippen LogP contribution < -0.4 is 5.32 Å². The molecule has 0 saturated heterocycles. The van der Waals surface area contributed by atoms with Crippen molar-refractivity contribution in [3.63, 3.8) is 0 Å². The van der Waals surface area contributed by atoms with Crippen LogP contribution in [0.25, 0.3) is 0 Å². The van der Waals surface area contributed by atoms with E-state index in [1.54, 1.807) is 6.92 Å². The van der Waals surface area contributed by atoms with Crippen LogP contribution in [0.3, 0.4) is 0 Å². The number of carbonyl (C=O) groups excluding carboxylic acids is 1. The number of amides is 1. The van der Waals surface area contributed by atoms with Gasteiger partial charge in [-0.2, -0.15) is 4.98 Å². The Morgan fingerprint density at radius 3 is 2.45 bits per heavy atom. The number of aromatic nitrogens is 2. The van der Waals surface area contributed by atoms with Crippen molar-refractivity contribution in [2.45, 2.75) is 26.8 Å². The molecule has 0 bridgehead atoms. The standard InChI is InChI=1S/C14H16FN3O2/c1-8(2)12(14-16-9(3)18-20-14)17-13(19)10-4-6-11(15)7-5-10/h4-8,12H,1-3H3,(H,17,19). The van der Waals surface area contributed by atoms with E-state index in [2.05, 4.69) is 15.5 Å². The number of hydrogen-bond donors (Lipinski definition) is 1. The van der Waals surface area contributed by atoms with Crippen LogP contribution in [0, 0.1) is 18.7 Å². The maximum absolute atomic E-state index is 12.8. The van der Waals surface area contributed by atoms with E-state index < -0.39 is 0 Å². The Morgan fingerprint density at radius 1 is 1.30 bits per heavy atom. The average molecular weight is 277 g/mol. The molecular weight excluding hydrogens is 261 g/mol. The van der Waals surface area contributed by atoms with Gasteiger partial charge in [0.15, 0.2) is 5.82 Å². The van der Waals surface area contributed by atoms with E-state index in [1.165, 1.54) is 24.3 Å². The highest BCUT2D eigenvalue weighted by atomic mass is 19.1. The van der Waals surface area contributed by atoms with Crippen LogP contribution >= 0.6 is 0 Å². The first-order chi connectivity index (χ1) is 9.47. The van der Waals surface area contributed by atoms with Gasteiger partial charge in [-0.05, 0) is 37.1 Å². The van der Waals surface area contributed by atoms with Gasteiger partial charge in [0, 0.05) is 5.56 Å². The van der Waals surface area contributed by atoms with Crippen molar-refractivity contribution >= 4 is 5.91 Å². The molecule has 1 N–H and O–H groups in total. The predicted octanol–water partition coefficient (Wildman–Crippen LogP) is 2.64. The van der Waals surface area contributed by atoms with E-state index in [9.17, 15) is 9.18 Å². The molecule has 6 heteroatoms. The number of rotatable bonds is 4. The highest BCUT2D eigenvalue weighted by Crippen LogP contribution is 2.20. The lowest BCUT2D eigenvalue weighted by molar-refractivity contribution is 0.0914.